The predicted molar refractivity (Wildman–Crippen MR) is 80.5 cm³/mol. The van der Waals surface area contributed by atoms with Crippen molar-refractivity contribution in [2.24, 2.45) is 0 Å². The van der Waals surface area contributed by atoms with Crippen molar-refractivity contribution >= 4 is 11.6 Å². The standard InChI is InChI=1S/C16H24ClNO/c1-18(2)16(11-7-3-4-8-12-16)15(19)13-9-5-6-10-14(13)17/h5-6,9-10,15,19H,3-4,7-8,11-12H2,1-2H3. The number of benzene rings is 1. The summed E-state index contributed by atoms with van der Waals surface area (Å²) in [5.41, 5.74) is 0.682. The van der Waals surface area contributed by atoms with E-state index in [0.717, 1.165) is 18.4 Å². The summed E-state index contributed by atoms with van der Waals surface area (Å²) in [5, 5.41) is 11.6. The summed E-state index contributed by atoms with van der Waals surface area (Å²) in [6.07, 6.45) is 6.45. The zero-order valence-electron chi connectivity index (χ0n) is 11.9. The zero-order valence-corrected chi connectivity index (χ0v) is 12.7. The summed E-state index contributed by atoms with van der Waals surface area (Å²) in [7, 11) is 4.15. The Morgan fingerprint density at radius 2 is 1.68 bits per heavy atom. The first-order valence-corrected chi connectivity index (χ1v) is 7.55. The van der Waals surface area contributed by atoms with Crippen molar-refractivity contribution in [3.8, 4) is 0 Å². The van der Waals surface area contributed by atoms with Gasteiger partial charge < -0.3 is 10.0 Å². The molecule has 19 heavy (non-hydrogen) atoms. The Labute approximate surface area is 121 Å². The lowest BCUT2D eigenvalue weighted by atomic mass is 9.80. The summed E-state index contributed by atoms with van der Waals surface area (Å²) in [4.78, 5) is 2.20. The smallest absolute Gasteiger partial charge is 0.0987 e. The first kappa shape index (κ1) is 14.8. The van der Waals surface area contributed by atoms with Crippen LogP contribution < -0.4 is 0 Å². The molecule has 0 saturated heterocycles. The third kappa shape index (κ3) is 2.96. The van der Waals surface area contributed by atoms with Gasteiger partial charge in [0, 0.05) is 10.6 Å². The van der Waals surface area contributed by atoms with Crippen molar-refractivity contribution in [1.29, 1.82) is 0 Å². The van der Waals surface area contributed by atoms with Crippen LogP contribution >= 0.6 is 11.6 Å². The van der Waals surface area contributed by atoms with Crippen molar-refractivity contribution in [1.82, 2.24) is 4.90 Å². The highest BCUT2D eigenvalue weighted by molar-refractivity contribution is 6.31. The van der Waals surface area contributed by atoms with E-state index in [1.807, 2.05) is 24.3 Å². The van der Waals surface area contributed by atoms with Crippen LogP contribution in [0, 0.1) is 0 Å². The predicted octanol–water partition coefficient (Wildman–Crippen LogP) is 4.03. The number of halogens is 1. The Bertz CT molecular complexity index is 411. The summed E-state index contributed by atoms with van der Waals surface area (Å²) >= 11 is 6.27. The molecule has 1 aromatic carbocycles. The quantitative estimate of drug-likeness (QED) is 0.846. The molecule has 2 rings (SSSR count). The van der Waals surface area contributed by atoms with E-state index in [4.69, 9.17) is 11.6 Å². The van der Waals surface area contributed by atoms with Gasteiger partial charge in [0.25, 0.3) is 0 Å². The van der Waals surface area contributed by atoms with E-state index < -0.39 is 6.10 Å². The number of hydrogen-bond acceptors (Lipinski definition) is 2. The molecule has 1 atom stereocenters. The van der Waals surface area contributed by atoms with Crippen molar-refractivity contribution in [2.75, 3.05) is 14.1 Å². The zero-order chi connectivity index (χ0) is 13.9. The Morgan fingerprint density at radius 1 is 1.11 bits per heavy atom. The highest BCUT2D eigenvalue weighted by Crippen LogP contribution is 2.42. The molecule has 1 fully saturated rings. The molecule has 0 aromatic heterocycles. The second-order valence-corrected chi connectivity index (χ2v) is 6.24. The molecule has 0 bridgehead atoms. The fourth-order valence-corrected chi connectivity index (χ4v) is 3.53. The summed E-state index contributed by atoms with van der Waals surface area (Å²) in [6, 6.07) is 7.67. The molecule has 1 N–H and O–H groups in total. The number of aliphatic hydroxyl groups is 1. The summed E-state index contributed by atoms with van der Waals surface area (Å²) < 4.78 is 0. The minimum Gasteiger partial charge on any atom is -0.386 e. The topological polar surface area (TPSA) is 23.5 Å². The highest BCUT2D eigenvalue weighted by atomic mass is 35.5. The van der Waals surface area contributed by atoms with Crippen LogP contribution in [0.4, 0.5) is 0 Å². The SMILES string of the molecule is CN(C)C1(C(O)c2ccccc2Cl)CCCCCC1. The summed E-state index contributed by atoms with van der Waals surface area (Å²) in [5.74, 6) is 0. The maximum atomic E-state index is 10.9. The van der Waals surface area contributed by atoms with Gasteiger partial charge in [-0.15, -0.1) is 0 Å². The average Bonchev–Trinajstić information content (AvgIpc) is 2.65. The molecule has 3 heteroatoms. The van der Waals surface area contributed by atoms with Crippen LogP contribution in [0.25, 0.3) is 0 Å². The highest BCUT2D eigenvalue weighted by Gasteiger charge is 2.41. The lowest BCUT2D eigenvalue weighted by Gasteiger charge is -2.43. The number of nitrogens with zero attached hydrogens (tertiary/aromatic N) is 1. The van der Waals surface area contributed by atoms with E-state index in [1.165, 1.54) is 25.7 Å². The van der Waals surface area contributed by atoms with Gasteiger partial charge >= 0.3 is 0 Å². The van der Waals surface area contributed by atoms with Gasteiger partial charge in [0.15, 0.2) is 0 Å². The molecule has 0 heterocycles. The van der Waals surface area contributed by atoms with Crippen molar-refractivity contribution in [3.63, 3.8) is 0 Å². The number of rotatable bonds is 3. The molecular weight excluding hydrogens is 258 g/mol. The van der Waals surface area contributed by atoms with E-state index in [2.05, 4.69) is 19.0 Å². The largest absolute Gasteiger partial charge is 0.386 e. The fraction of sp³-hybridized carbons (Fsp3) is 0.625. The first-order chi connectivity index (χ1) is 9.08. The maximum absolute atomic E-state index is 10.9. The molecule has 1 saturated carbocycles. The van der Waals surface area contributed by atoms with Crippen LogP contribution in [0.1, 0.15) is 50.2 Å². The first-order valence-electron chi connectivity index (χ1n) is 7.18. The molecule has 0 radical (unpaired) electrons. The van der Waals surface area contributed by atoms with Gasteiger partial charge in [-0.1, -0.05) is 55.5 Å². The van der Waals surface area contributed by atoms with Crippen molar-refractivity contribution in [2.45, 2.75) is 50.2 Å². The van der Waals surface area contributed by atoms with E-state index >= 15 is 0 Å². The Balaban J connectivity index is 2.35. The van der Waals surface area contributed by atoms with Gasteiger partial charge in [0.1, 0.15) is 0 Å². The van der Waals surface area contributed by atoms with Gasteiger partial charge in [0.05, 0.1) is 11.6 Å². The van der Waals surface area contributed by atoms with E-state index in [0.29, 0.717) is 5.02 Å². The third-order valence-corrected chi connectivity index (χ3v) is 4.91. The molecule has 1 aromatic rings. The molecule has 106 valence electrons. The van der Waals surface area contributed by atoms with Gasteiger partial charge in [-0.2, -0.15) is 0 Å². The Kier molecular flexibility index (Phi) is 4.88. The van der Waals surface area contributed by atoms with Gasteiger partial charge in [-0.3, -0.25) is 0 Å². The van der Waals surface area contributed by atoms with Crippen LogP contribution in [0.2, 0.25) is 5.02 Å². The molecule has 1 aliphatic carbocycles. The average molecular weight is 282 g/mol. The van der Waals surface area contributed by atoms with Gasteiger partial charge in [-0.05, 0) is 33.0 Å². The molecule has 1 unspecified atom stereocenters. The Hall–Kier alpha value is -0.570. The lowest BCUT2D eigenvalue weighted by Crippen LogP contribution is -2.49. The maximum Gasteiger partial charge on any atom is 0.0987 e. The van der Waals surface area contributed by atoms with Crippen molar-refractivity contribution in [3.05, 3.63) is 34.9 Å². The van der Waals surface area contributed by atoms with E-state index in [9.17, 15) is 5.11 Å². The summed E-state index contributed by atoms with van der Waals surface area (Å²) in [6.45, 7) is 0. The molecule has 0 spiro atoms. The lowest BCUT2D eigenvalue weighted by molar-refractivity contribution is -0.0198. The third-order valence-electron chi connectivity index (χ3n) is 4.57. The normalized spacial score (nSPS) is 21.1. The second-order valence-electron chi connectivity index (χ2n) is 5.84. The van der Waals surface area contributed by atoms with Gasteiger partial charge in [-0.25, -0.2) is 0 Å². The van der Waals surface area contributed by atoms with Crippen LogP contribution in [0.3, 0.4) is 0 Å². The Morgan fingerprint density at radius 3 is 2.21 bits per heavy atom. The molecular formula is C16H24ClNO. The molecule has 2 nitrogen and oxygen atoms in total. The van der Waals surface area contributed by atoms with Crippen LogP contribution in [0.15, 0.2) is 24.3 Å². The minimum absolute atomic E-state index is 0.179. The van der Waals surface area contributed by atoms with Crippen LogP contribution in [-0.4, -0.2) is 29.6 Å². The van der Waals surface area contributed by atoms with Gasteiger partial charge in [0.2, 0.25) is 0 Å². The van der Waals surface area contributed by atoms with E-state index in [1.54, 1.807) is 0 Å². The number of hydrogen-bond donors (Lipinski definition) is 1. The fourth-order valence-electron chi connectivity index (χ4n) is 3.29. The minimum atomic E-state index is -0.519. The van der Waals surface area contributed by atoms with Crippen molar-refractivity contribution < 1.29 is 5.11 Å². The van der Waals surface area contributed by atoms with E-state index in [-0.39, 0.29) is 5.54 Å². The number of likely N-dealkylation sites (N-methyl/N-ethyl adjacent to an activating group) is 1. The number of aliphatic hydroxyl groups excluding tert-OH is 1. The molecule has 1 aliphatic rings. The van der Waals surface area contributed by atoms with Crippen LogP contribution in [0.5, 0.6) is 0 Å². The van der Waals surface area contributed by atoms with Crippen LogP contribution in [-0.2, 0) is 0 Å². The second kappa shape index (κ2) is 6.25. The molecule has 0 aliphatic heterocycles. The molecule has 0 amide bonds. The monoisotopic (exact) mass is 281 g/mol.